The van der Waals surface area contributed by atoms with Gasteiger partial charge in [0.05, 0.1) is 6.54 Å². The van der Waals surface area contributed by atoms with Crippen molar-refractivity contribution in [2.45, 2.75) is 27.7 Å². The molecule has 0 aromatic rings. The lowest BCUT2D eigenvalue weighted by Crippen LogP contribution is -2.25. The summed E-state index contributed by atoms with van der Waals surface area (Å²) in [7, 11) is 0. The molecule has 2 nitrogen and oxygen atoms in total. The second-order valence-corrected chi connectivity index (χ2v) is 2.43. The molecule has 64 valence electrons. The molecule has 0 amide bonds. The molecule has 0 spiro atoms. The molecule has 2 heteroatoms. The van der Waals surface area contributed by atoms with Crippen LogP contribution < -0.4 is 5.32 Å². The van der Waals surface area contributed by atoms with E-state index < -0.39 is 0 Å². The van der Waals surface area contributed by atoms with E-state index in [-0.39, 0.29) is 0 Å². The van der Waals surface area contributed by atoms with Crippen LogP contribution in [-0.4, -0.2) is 12.4 Å². The Morgan fingerprint density at radius 1 is 1.45 bits per heavy atom. The molecular formula is C9H18N2. The van der Waals surface area contributed by atoms with Gasteiger partial charge in [-0.05, 0) is 12.3 Å². The minimum atomic E-state index is 0.523. The van der Waals surface area contributed by atoms with Gasteiger partial charge >= 0.3 is 0 Å². The zero-order valence-electron chi connectivity index (χ0n) is 7.89. The molecule has 0 bridgehead atoms. The normalized spacial score (nSPS) is 14.8. The standard InChI is InChI=1S/C7H12N2.C2H6/c1-6(2)7-8-4-3-5-9-7;1-2/h3-4,6H,5H2,1-2H3,(H,8,9);1-2H3. The molecule has 1 aliphatic rings. The Morgan fingerprint density at radius 2 is 2.09 bits per heavy atom. The van der Waals surface area contributed by atoms with Crippen molar-refractivity contribution in [2.24, 2.45) is 10.9 Å². The van der Waals surface area contributed by atoms with E-state index in [1.165, 1.54) is 0 Å². The summed E-state index contributed by atoms with van der Waals surface area (Å²) in [5.41, 5.74) is 0. The summed E-state index contributed by atoms with van der Waals surface area (Å²) in [6.07, 6.45) is 3.95. The first-order valence-electron chi connectivity index (χ1n) is 4.26. The minimum absolute atomic E-state index is 0.523. The zero-order valence-corrected chi connectivity index (χ0v) is 7.89. The number of nitrogens with zero attached hydrogens (tertiary/aromatic N) is 1. The molecule has 0 radical (unpaired) electrons. The Labute approximate surface area is 69.4 Å². The molecule has 0 aliphatic carbocycles. The average Bonchev–Trinajstić information content (AvgIpc) is 2.10. The number of hydrogen-bond donors (Lipinski definition) is 1. The Balaban J connectivity index is 0.000000461. The van der Waals surface area contributed by atoms with Crippen LogP contribution in [0.1, 0.15) is 27.7 Å². The van der Waals surface area contributed by atoms with Gasteiger partial charge in [-0.2, -0.15) is 0 Å². The van der Waals surface area contributed by atoms with Gasteiger partial charge in [-0.25, -0.2) is 0 Å². The van der Waals surface area contributed by atoms with Crippen molar-refractivity contribution in [3.63, 3.8) is 0 Å². The fraction of sp³-hybridized carbons (Fsp3) is 0.667. The number of nitrogens with one attached hydrogen (secondary N) is 1. The number of aliphatic imine (C=N–C) groups is 1. The lowest BCUT2D eigenvalue weighted by Gasteiger charge is -2.11. The third-order valence-electron chi connectivity index (χ3n) is 1.26. The third-order valence-corrected chi connectivity index (χ3v) is 1.26. The molecule has 0 fully saturated rings. The summed E-state index contributed by atoms with van der Waals surface area (Å²) in [6.45, 7) is 9.09. The van der Waals surface area contributed by atoms with Gasteiger partial charge in [0, 0.05) is 5.92 Å². The molecule has 11 heavy (non-hydrogen) atoms. The van der Waals surface area contributed by atoms with Crippen molar-refractivity contribution >= 4 is 5.84 Å². The molecule has 0 saturated carbocycles. The van der Waals surface area contributed by atoms with Crippen LogP contribution in [0.3, 0.4) is 0 Å². The molecule has 0 saturated heterocycles. The highest BCUT2D eigenvalue weighted by Gasteiger charge is 2.02. The molecule has 0 atom stereocenters. The van der Waals surface area contributed by atoms with Crippen molar-refractivity contribution in [1.82, 2.24) is 5.32 Å². The summed E-state index contributed by atoms with van der Waals surface area (Å²) in [6, 6.07) is 0. The summed E-state index contributed by atoms with van der Waals surface area (Å²) in [4.78, 5) is 4.25. The SMILES string of the molecule is CC.CC(C)C1=NCC=CN1. The molecule has 0 aromatic carbocycles. The quantitative estimate of drug-likeness (QED) is 0.615. The highest BCUT2D eigenvalue weighted by atomic mass is 15.0. The summed E-state index contributed by atoms with van der Waals surface area (Å²) < 4.78 is 0. The summed E-state index contributed by atoms with van der Waals surface area (Å²) >= 11 is 0. The van der Waals surface area contributed by atoms with Gasteiger partial charge in [-0.1, -0.05) is 27.7 Å². The van der Waals surface area contributed by atoms with Crippen molar-refractivity contribution in [1.29, 1.82) is 0 Å². The van der Waals surface area contributed by atoms with E-state index in [0.29, 0.717) is 5.92 Å². The second-order valence-electron chi connectivity index (χ2n) is 2.43. The summed E-state index contributed by atoms with van der Waals surface area (Å²) in [5, 5.41) is 3.09. The maximum atomic E-state index is 4.25. The Hall–Kier alpha value is -0.790. The molecule has 1 heterocycles. The lowest BCUT2D eigenvalue weighted by atomic mass is 10.2. The topological polar surface area (TPSA) is 24.4 Å². The van der Waals surface area contributed by atoms with Crippen molar-refractivity contribution < 1.29 is 0 Å². The largest absolute Gasteiger partial charge is 0.350 e. The van der Waals surface area contributed by atoms with Gasteiger partial charge in [-0.3, -0.25) is 4.99 Å². The fourth-order valence-corrected chi connectivity index (χ4v) is 0.743. The first kappa shape index (κ1) is 10.2. The van der Waals surface area contributed by atoms with Gasteiger partial charge in [0.15, 0.2) is 0 Å². The van der Waals surface area contributed by atoms with E-state index in [0.717, 1.165) is 12.4 Å². The van der Waals surface area contributed by atoms with Crippen LogP contribution in [0.15, 0.2) is 17.3 Å². The van der Waals surface area contributed by atoms with E-state index >= 15 is 0 Å². The predicted octanol–water partition coefficient (Wildman–Crippen LogP) is 2.18. The van der Waals surface area contributed by atoms with Crippen LogP contribution in [0.5, 0.6) is 0 Å². The maximum absolute atomic E-state index is 4.25. The molecule has 0 aromatic heterocycles. The average molecular weight is 154 g/mol. The number of rotatable bonds is 1. The second kappa shape index (κ2) is 5.96. The van der Waals surface area contributed by atoms with Crippen molar-refractivity contribution in [2.75, 3.05) is 6.54 Å². The maximum Gasteiger partial charge on any atom is 0.103 e. The van der Waals surface area contributed by atoms with Crippen LogP contribution in [-0.2, 0) is 0 Å². The predicted molar refractivity (Wildman–Crippen MR) is 50.8 cm³/mol. The van der Waals surface area contributed by atoms with Gasteiger partial charge in [0.1, 0.15) is 5.84 Å². The molecule has 1 aliphatic heterocycles. The highest BCUT2D eigenvalue weighted by molar-refractivity contribution is 5.85. The van der Waals surface area contributed by atoms with Crippen LogP contribution in [0, 0.1) is 5.92 Å². The zero-order chi connectivity index (χ0) is 8.69. The molecule has 1 rings (SSSR count). The van der Waals surface area contributed by atoms with Crippen LogP contribution >= 0.6 is 0 Å². The van der Waals surface area contributed by atoms with E-state index in [1.807, 2.05) is 26.1 Å². The Bertz CT molecular complexity index is 146. The van der Waals surface area contributed by atoms with Crippen LogP contribution in [0.2, 0.25) is 0 Å². The first-order chi connectivity index (χ1) is 5.30. The molecule has 1 N–H and O–H groups in total. The van der Waals surface area contributed by atoms with E-state index in [4.69, 9.17) is 0 Å². The highest BCUT2D eigenvalue weighted by Crippen LogP contribution is 1.97. The fourth-order valence-electron chi connectivity index (χ4n) is 0.743. The van der Waals surface area contributed by atoms with Crippen molar-refractivity contribution in [3.8, 4) is 0 Å². The van der Waals surface area contributed by atoms with Gasteiger partial charge in [0.25, 0.3) is 0 Å². The van der Waals surface area contributed by atoms with Gasteiger partial charge < -0.3 is 5.32 Å². The minimum Gasteiger partial charge on any atom is -0.350 e. The summed E-state index contributed by atoms with van der Waals surface area (Å²) in [5.74, 6) is 1.62. The van der Waals surface area contributed by atoms with Gasteiger partial charge in [0.2, 0.25) is 0 Å². The Kier molecular flexibility index (Phi) is 5.53. The molecular weight excluding hydrogens is 136 g/mol. The van der Waals surface area contributed by atoms with E-state index in [2.05, 4.69) is 24.2 Å². The third kappa shape index (κ3) is 3.81. The number of hydrogen-bond acceptors (Lipinski definition) is 2. The monoisotopic (exact) mass is 154 g/mol. The Morgan fingerprint density at radius 3 is 2.36 bits per heavy atom. The van der Waals surface area contributed by atoms with Crippen LogP contribution in [0.4, 0.5) is 0 Å². The molecule has 0 unspecified atom stereocenters. The smallest absolute Gasteiger partial charge is 0.103 e. The van der Waals surface area contributed by atoms with Gasteiger partial charge in [-0.15, -0.1) is 0 Å². The van der Waals surface area contributed by atoms with E-state index in [9.17, 15) is 0 Å². The van der Waals surface area contributed by atoms with Crippen molar-refractivity contribution in [3.05, 3.63) is 12.3 Å². The lowest BCUT2D eigenvalue weighted by molar-refractivity contribution is 0.831. The van der Waals surface area contributed by atoms with Crippen LogP contribution in [0.25, 0.3) is 0 Å². The number of amidine groups is 1. The first-order valence-corrected chi connectivity index (χ1v) is 4.26. The van der Waals surface area contributed by atoms with E-state index in [1.54, 1.807) is 0 Å².